The number of benzene rings is 2. The minimum Gasteiger partial charge on any atom is -0.490 e. The zero-order chi connectivity index (χ0) is 21.8. The van der Waals surface area contributed by atoms with Crippen molar-refractivity contribution in [3.63, 3.8) is 0 Å². The van der Waals surface area contributed by atoms with E-state index in [9.17, 15) is 9.59 Å². The van der Waals surface area contributed by atoms with Gasteiger partial charge < -0.3 is 24.4 Å². The molecule has 2 aromatic rings. The van der Waals surface area contributed by atoms with Crippen LogP contribution in [0.4, 0.5) is 5.69 Å². The summed E-state index contributed by atoms with van der Waals surface area (Å²) in [5.41, 5.74) is 3.13. The van der Waals surface area contributed by atoms with E-state index in [1.807, 2.05) is 19.1 Å². The van der Waals surface area contributed by atoms with Crippen LogP contribution in [0.5, 0.6) is 11.5 Å². The molecule has 2 heterocycles. The number of nitrogens with one attached hydrogen (secondary N) is 2. The van der Waals surface area contributed by atoms with Crippen molar-refractivity contribution in [2.45, 2.75) is 32.2 Å². The van der Waals surface area contributed by atoms with Gasteiger partial charge in [0, 0.05) is 30.5 Å². The molecule has 4 rings (SSSR count). The number of quaternary nitrogens is 1. The van der Waals surface area contributed by atoms with Crippen LogP contribution in [-0.4, -0.2) is 45.3 Å². The van der Waals surface area contributed by atoms with Crippen LogP contribution in [0.25, 0.3) is 0 Å². The Balaban J connectivity index is 1.45. The van der Waals surface area contributed by atoms with Crippen LogP contribution in [0, 0.1) is 6.92 Å². The zero-order valence-electron chi connectivity index (χ0n) is 18.0. The lowest BCUT2D eigenvalue weighted by Crippen LogP contribution is -3.11. The van der Waals surface area contributed by atoms with Crippen molar-refractivity contribution in [1.82, 2.24) is 0 Å². The van der Waals surface area contributed by atoms with Crippen molar-refractivity contribution in [1.29, 1.82) is 0 Å². The third-order valence-corrected chi connectivity index (χ3v) is 5.98. The number of hydrogen-bond acceptors (Lipinski definition) is 5. The summed E-state index contributed by atoms with van der Waals surface area (Å²) in [4.78, 5) is 25.9. The Morgan fingerprint density at radius 2 is 1.90 bits per heavy atom. The zero-order valence-corrected chi connectivity index (χ0v) is 18.0. The summed E-state index contributed by atoms with van der Waals surface area (Å²) in [7, 11) is 1.34. The van der Waals surface area contributed by atoms with E-state index in [0.29, 0.717) is 31.0 Å². The van der Waals surface area contributed by atoms with Crippen molar-refractivity contribution in [3.05, 3.63) is 53.1 Å². The topological polar surface area (TPSA) is 78.3 Å². The third-order valence-electron chi connectivity index (χ3n) is 5.98. The summed E-state index contributed by atoms with van der Waals surface area (Å²) in [6.45, 7) is 4.53. The van der Waals surface area contributed by atoms with Crippen LogP contribution >= 0.6 is 0 Å². The van der Waals surface area contributed by atoms with Gasteiger partial charge in [0.1, 0.15) is 6.04 Å². The second kappa shape index (κ2) is 9.39. The number of amides is 1. The molecule has 7 nitrogen and oxygen atoms in total. The van der Waals surface area contributed by atoms with E-state index in [2.05, 4.69) is 17.4 Å². The van der Waals surface area contributed by atoms with Gasteiger partial charge in [0.2, 0.25) is 0 Å². The average molecular weight is 426 g/mol. The predicted molar refractivity (Wildman–Crippen MR) is 116 cm³/mol. The Kier molecular flexibility index (Phi) is 6.42. The smallest absolute Gasteiger partial charge is 0.337 e. The molecule has 2 aromatic carbocycles. The van der Waals surface area contributed by atoms with Gasteiger partial charge in [-0.15, -0.1) is 0 Å². The van der Waals surface area contributed by atoms with Gasteiger partial charge in [-0.05, 0) is 42.8 Å². The molecule has 2 N–H and O–H groups in total. The van der Waals surface area contributed by atoms with Gasteiger partial charge in [0.15, 0.2) is 18.0 Å². The molecular weight excluding hydrogens is 396 g/mol. The number of carbonyl (C=O) groups excluding carboxylic acids is 2. The number of carbonyl (C=O) groups is 2. The highest BCUT2D eigenvalue weighted by atomic mass is 16.5. The largest absolute Gasteiger partial charge is 0.490 e. The molecule has 2 atom stereocenters. The van der Waals surface area contributed by atoms with E-state index in [1.54, 1.807) is 12.1 Å². The summed E-state index contributed by atoms with van der Waals surface area (Å²) in [5, 5.41) is 2.97. The first kappa shape index (κ1) is 21.2. The molecule has 164 valence electrons. The third kappa shape index (κ3) is 4.82. The fourth-order valence-corrected chi connectivity index (χ4v) is 4.32. The maximum absolute atomic E-state index is 12.8. The Morgan fingerprint density at radius 3 is 2.71 bits per heavy atom. The number of fused-ring (bicyclic) bond motifs is 1. The molecule has 0 spiro atoms. The molecule has 31 heavy (non-hydrogen) atoms. The summed E-state index contributed by atoms with van der Waals surface area (Å²) < 4.78 is 16.4. The highest BCUT2D eigenvalue weighted by Crippen LogP contribution is 2.33. The van der Waals surface area contributed by atoms with Gasteiger partial charge in [-0.25, -0.2) is 4.79 Å². The number of methoxy groups -OCH3 is 1. The van der Waals surface area contributed by atoms with Crippen LogP contribution in [0.1, 0.15) is 46.8 Å². The molecular formula is C24H29N2O5+. The molecule has 2 aliphatic rings. The number of esters is 1. The van der Waals surface area contributed by atoms with E-state index in [4.69, 9.17) is 14.2 Å². The Morgan fingerprint density at radius 1 is 1.10 bits per heavy atom. The first-order valence-corrected chi connectivity index (χ1v) is 10.8. The quantitative estimate of drug-likeness (QED) is 0.719. The normalized spacial score (nSPS) is 20.1. The standard InChI is InChI=1S/C24H28N2O5/c1-16-6-7-18(24(28)29-2)13-19(16)25-23(27)15-26-10-3-5-20(26)17-8-9-21-22(14-17)31-12-4-11-30-21/h6-9,13-14,20H,3-5,10-12,15H2,1-2H3,(H,25,27)/p+1/t20-/m0/s1. The summed E-state index contributed by atoms with van der Waals surface area (Å²) in [5.74, 6) is 1.09. The number of ether oxygens (including phenoxy) is 3. The maximum Gasteiger partial charge on any atom is 0.337 e. The van der Waals surface area contributed by atoms with E-state index in [-0.39, 0.29) is 11.9 Å². The molecule has 2 aliphatic heterocycles. The van der Waals surface area contributed by atoms with Crippen LogP contribution in [0.2, 0.25) is 0 Å². The molecule has 1 saturated heterocycles. The molecule has 1 amide bonds. The Hall–Kier alpha value is -3.06. The van der Waals surface area contributed by atoms with Crippen molar-refractivity contribution < 1.29 is 28.7 Å². The highest BCUT2D eigenvalue weighted by Gasteiger charge is 2.32. The van der Waals surface area contributed by atoms with Gasteiger partial charge >= 0.3 is 5.97 Å². The van der Waals surface area contributed by atoms with Gasteiger partial charge in [-0.2, -0.15) is 0 Å². The molecule has 0 bridgehead atoms. The second-order valence-electron chi connectivity index (χ2n) is 8.11. The first-order valence-electron chi connectivity index (χ1n) is 10.8. The number of rotatable bonds is 5. The van der Waals surface area contributed by atoms with E-state index in [0.717, 1.165) is 42.9 Å². The molecule has 0 saturated carbocycles. The highest BCUT2D eigenvalue weighted by molar-refractivity contribution is 5.95. The Labute approximate surface area is 182 Å². The van der Waals surface area contributed by atoms with Crippen molar-refractivity contribution in [3.8, 4) is 11.5 Å². The molecule has 0 aromatic heterocycles. The molecule has 0 radical (unpaired) electrons. The lowest BCUT2D eigenvalue weighted by molar-refractivity contribution is -0.910. The van der Waals surface area contributed by atoms with Gasteiger partial charge in [-0.1, -0.05) is 6.07 Å². The second-order valence-corrected chi connectivity index (χ2v) is 8.11. The minimum atomic E-state index is -0.421. The van der Waals surface area contributed by atoms with E-state index in [1.165, 1.54) is 17.6 Å². The van der Waals surface area contributed by atoms with Crippen molar-refractivity contribution in [2.24, 2.45) is 0 Å². The monoisotopic (exact) mass is 425 g/mol. The molecule has 1 unspecified atom stereocenters. The molecule has 0 aliphatic carbocycles. The van der Waals surface area contributed by atoms with Crippen molar-refractivity contribution in [2.75, 3.05) is 38.7 Å². The Bertz CT molecular complexity index is 974. The van der Waals surface area contributed by atoms with E-state index < -0.39 is 5.97 Å². The van der Waals surface area contributed by atoms with Crippen LogP contribution in [0.3, 0.4) is 0 Å². The fourth-order valence-electron chi connectivity index (χ4n) is 4.32. The number of aryl methyl sites for hydroxylation is 1. The predicted octanol–water partition coefficient (Wildman–Crippen LogP) is 2.30. The number of anilines is 1. The van der Waals surface area contributed by atoms with Crippen LogP contribution < -0.4 is 19.7 Å². The molecule has 7 heteroatoms. The van der Waals surface area contributed by atoms with Crippen LogP contribution in [-0.2, 0) is 9.53 Å². The van der Waals surface area contributed by atoms with Gasteiger partial charge in [-0.3, -0.25) is 4.79 Å². The number of hydrogen-bond donors (Lipinski definition) is 2. The van der Waals surface area contributed by atoms with Gasteiger partial charge in [0.05, 0.1) is 32.4 Å². The minimum absolute atomic E-state index is 0.0682. The fraction of sp³-hybridized carbons (Fsp3) is 0.417. The molecule has 1 fully saturated rings. The van der Waals surface area contributed by atoms with E-state index >= 15 is 0 Å². The summed E-state index contributed by atoms with van der Waals surface area (Å²) in [6.07, 6.45) is 2.97. The first-order chi connectivity index (χ1) is 15.0. The van der Waals surface area contributed by atoms with Crippen molar-refractivity contribution >= 4 is 17.6 Å². The van der Waals surface area contributed by atoms with Crippen LogP contribution in [0.15, 0.2) is 36.4 Å². The number of likely N-dealkylation sites (tertiary alicyclic amines) is 1. The van der Waals surface area contributed by atoms with Gasteiger partial charge in [0.25, 0.3) is 5.91 Å². The lowest BCUT2D eigenvalue weighted by Gasteiger charge is -2.22. The summed E-state index contributed by atoms with van der Waals surface area (Å²) in [6, 6.07) is 11.6. The average Bonchev–Trinajstić information content (AvgIpc) is 3.09. The lowest BCUT2D eigenvalue weighted by atomic mass is 10.0. The maximum atomic E-state index is 12.8. The SMILES string of the molecule is COC(=O)c1ccc(C)c(NC(=O)C[NH+]2CCC[C@H]2c2ccc3c(c2)OCCCO3)c1. The summed E-state index contributed by atoms with van der Waals surface area (Å²) >= 11 is 0.